The number of sulfonamides is 1. The normalized spacial score (nSPS) is 20.7. The van der Waals surface area contributed by atoms with Gasteiger partial charge in [0.25, 0.3) is 0 Å². The molecule has 2 N–H and O–H groups in total. The van der Waals surface area contributed by atoms with Gasteiger partial charge in [0.2, 0.25) is 10.0 Å². The molecule has 0 saturated heterocycles. The van der Waals surface area contributed by atoms with Crippen molar-refractivity contribution in [3.8, 4) is 5.75 Å². The number of nitrogens with one attached hydrogen (secondary N) is 1. The summed E-state index contributed by atoms with van der Waals surface area (Å²) >= 11 is 0. The van der Waals surface area contributed by atoms with Crippen molar-refractivity contribution in [1.82, 2.24) is 4.72 Å². The highest BCUT2D eigenvalue weighted by molar-refractivity contribution is 7.89. The number of hydrogen-bond donors (Lipinski definition) is 2. The number of carboxylic acid groups (broad SMARTS) is 1. The molecule has 0 spiro atoms. The number of aliphatic carboxylic acids is 1. The van der Waals surface area contributed by atoms with Gasteiger partial charge in [0.05, 0.1) is 17.9 Å². The van der Waals surface area contributed by atoms with Crippen LogP contribution in [0.5, 0.6) is 5.75 Å². The van der Waals surface area contributed by atoms with Crippen molar-refractivity contribution < 1.29 is 32.6 Å². The minimum Gasteiger partial charge on any atom is -0.482 e. The molecule has 0 atom stereocenters. The van der Waals surface area contributed by atoms with Crippen LogP contribution in [0.4, 0.5) is 0 Å². The molecular weight excluding hydrogens is 350 g/mol. The molecule has 0 aliphatic heterocycles. The lowest BCUT2D eigenvalue weighted by molar-refractivity contribution is -0.143. The van der Waals surface area contributed by atoms with Crippen molar-refractivity contribution in [2.45, 2.75) is 36.6 Å². The molecule has 9 heteroatoms. The van der Waals surface area contributed by atoms with Crippen molar-refractivity contribution >= 4 is 22.0 Å². The summed E-state index contributed by atoms with van der Waals surface area (Å²) in [6.45, 7) is -0.256. The van der Waals surface area contributed by atoms with Gasteiger partial charge in [0.1, 0.15) is 5.75 Å². The standard InChI is InChI=1S/C16H21NO7S/c1-23-15(18)10-24-13-6-8-14(9-7-13)25(21,22)17-12-4-2-11(3-5-12)16(19)20/h6-9,11-12,17H,2-5,10H2,1H3,(H,19,20). The molecule has 0 heterocycles. The zero-order chi connectivity index (χ0) is 18.4. The van der Waals surface area contributed by atoms with Crippen LogP contribution >= 0.6 is 0 Å². The Bertz CT molecular complexity index is 707. The number of benzene rings is 1. The van der Waals surface area contributed by atoms with E-state index in [1.54, 1.807) is 0 Å². The second kappa shape index (κ2) is 8.30. The van der Waals surface area contributed by atoms with Gasteiger partial charge < -0.3 is 14.6 Å². The molecule has 1 aliphatic carbocycles. The summed E-state index contributed by atoms with van der Waals surface area (Å²) in [5.41, 5.74) is 0. The number of carboxylic acids is 1. The van der Waals surface area contributed by atoms with Crippen molar-refractivity contribution in [2.75, 3.05) is 13.7 Å². The van der Waals surface area contributed by atoms with E-state index in [2.05, 4.69) is 9.46 Å². The van der Waals surface area contributed by atoms with Crippen LogP contribution < -0.4 is 9.46 Å². The number of ether oxygens (including phenoxy) is 2. The van der Waals surface area contributed by atoms with Crippen LogP contribution in [-0.4, -0.2) is 45.2 Å². The number of carbonyl (C=O) groups is 2. The highest BCUT2D eigenvalue weighted by atomic mass is 32.2. The van der Waals surface area contributed by atoms with Gasteiger partial charge in [-0.2, -0.15) is 0 Å². The predicted molar refractivity (Wildman–Crippen MR) is 87.7 cm³/mol. The smallest absolute Gasteiger partial charge is 0.343 e. The van der Waals surface area contributed by atoms with E-state index in [0.717, 1.165) is 0 Å². The van der Waals surface area contributed by atoms with Gasteiger partial charge in [-0.15, -0.1) is 0 Å². The SMILES string of the molecule is COC(=O)COc1ccc(S(=O)(=O)NC2CCC(C(=O)O)CC2)cc1. The Morgan fingerprint density at radius 3 is 2.28 bits per heavy atom. The van der Waals surface area contributed by atoms with Crippen LogP contribution in [0, 0.1) is 5.92 Å². The molecule has 1 fully saturated rings. The molecule has 1 aromatic carbocycles. The van der Waals surface area contributed by atoms with Gasteiger partial charge in [-0.1, -0.05) is 0 Å². The second-order valence-corrected chi connectivity index (χ2v) is 7.56. The summed E-state index contributed by atoms with van der Waals surface area (Å²) in [6.07, 6.45) is 1.92. The van der Waals surface area contributed by atoms with Crippen molar-refractivity contribution in [3.05, 3.63) is 24.3 Å². The quantitative estimate of drug-likeness (QED) is 0.690. The molecular formula is C16H21NO7S. The van der Waals surface area contributed by atoms with Gasteiger partial charge >= 0.3 is 11.9 Å². The number of carbonyl (C=O) groups excluding carboxylic acids is 1. The van der Waals surface area contributed by atoms with Gasteiger partial charge in [-0.3, -0.25) is 4.79 Å². The van der Waals surface area contributed by atoms with E-state index in [9.17, 15) is 18.0 Å². The fourth-order valence-corrected chi connectivity index (χ4v) is 3.97. The number of esters is 1. The molecule has 0 amide bonds. The van der Waals surface area contributed by atoms with E-state index >= 15 is 0 Å². The minimum atomic E-state index is -3.69. The summed E-state index contributed by atoms with van der Waals surface area (Å²) in [4.78, 5) is 22.0. The average Bonchev–Trinajstić information content (AvgIpc) is 2.60. The first-order chi connectivity index (χ1) is 11.8. The molecule has 0 bridgehead atoms. The van der Waals surface area contributed by atoms with Crippen molar-refractivity contribution in [3.63, 3.8) is 0 Å². The van der Waals surface area contributed by atoms with E-state index < -0.39 is 27.9 Å². The molecule has 8 nitrogen and oxygen atoms in total. The topological polar surface area (TPSA) is 119 Å². The third-order valence-corrected chi connectivity index (χ3v) is 5.65. The zero-order valence-corrected chi connectivity index (χ0v) is 14.6. The largest absolute Gasteiger partial charge is 0.482 e. The van der Waals surface area contributed by atoms with E-state index in [-0.39, 0.29) is 17.5 Å². The Morgan fingerprint density at radius 2 is 1.76 bits per heavy atom. The highest BCUT2D eigenvalue weighted by Crippen LogP contribution is 2.26. The predicted octanol–water partition coefficient (Wildman–Crippen LogP) is 1.16. The Hall–Kier alpha value is -2.13. The Morgan fingerprint density at radius 1 is 1.16 bits per heavy atom. The first kappa shape index (κ1) is 19.2. The van der Waals surface area contributed by atoms with Gasteiger partial charge in [0.15, 0.2) is 6.61 Å². The first-order valence-corrected chi connectivity index (χ1v) is 9.35. The van der Waals surface area contributed by atoms with Crippen LogP contribution in [0.25, 0.3) is 0 Å². The zero-order valence-electron chi connectivity index (χ0n) is 13.8. The molecule has 25 heavy (non-hydrogen) atoms. The highest BCUT2D eigenvalue weighted by Gasteiger charge is 2.28. The van der Waals surface area contributed by atoms with Crippen LogP contribution in [0.15, 0.2) is 29.2 Å². The second-order valence-electron chi connectivity index (χ2n) is 5.84. The van der Waals surface area contributed by atoms with E-state index in [1.807, 2.05) is 0 Å². The molecule has 1 aromatic rings. The monoisotopic (exact) mass is 371 g/mol. The lowest BCUT2D eigenvalue weighted by Gasteiger charge is -2.26. The average molecular weight is 371 g/mol. The van der Waals surface area contributed by atoms with Crippen LogP contribution in [-0.2, 0) is 24.3 Å². The van der Waals surface area contributed by atoms with Crippen molar-refractivity contribution in [1.29, 1.82) is 0 Å². The number of methoxy groups -OCH3 is 1. The van der Waals surface area contributed by atoms with E-state index in [0.29, 0.717) is 31.4 Å². The van der Waals surface area contributed by atoms with E-state index in [4.69, 9.17) is 9.84 Å². The van der Waals surface area contributed by atoms with Crippen LogP contribution in [0.1, 0.15) is 25.7 Å². The molecule has 138 valence electrons. The Balaban J connectivity index is 1.93. The van der Waals surface area contributed by atoms with Crippen LogP contribution in [0.2, 0.25) is 0 Å². The Kier molecular flexibility index (Phi) is 6.38. The lowest BCUT2D eigenvalue weighted by Crippen LogP contribution is -2.38. The third kappa shape index (κ3) is 5.43. The summed E-state index contributed by atoms with van der Waals surface area (Å²) in [5.74, 6) is -1.41. The summed E-state index contributed by atoms with van der Waals surface area (Å²) in [6, 6.07) is 5.42. The minimum absolute atomic E-state index is 0.0817. The van der Waals surface area contributed by atoms with E-state index in [1.165, 1.54) is 31.4 Å². The van der Waals surface area contributed by atoms with Crippen LogP contribution in [0.3, 0.4) is 0 Å². The molecule has 0 aromatic heterocycles. The molecule has 1 aliphatic rings. The first-order valence-electron chi connectivity index (χ1n) is 7.86. The van der Waals surface area contributed by atoms with Gasteiger partial charge in [-0.25, -0.2) is 17.9 Å². The lowest BCUT2D eigenvalue weighted by atomic mass is 9.87. The summed E-state index contributed by atoms with van der Waals surface area (Å²) < 4.78 is 37.0. The molecule has 1 saturated carbocycles. The maximum atomic E-state index is 12.4. The maximum Gasteiger partial charge on any atom is 0.343 e. The maximum absolute atomic E-state index is 12.4. The van der Waals surface area contributed by atoms with Crippen molar-refractivity contribution in [2.24, 2.45) is 5.92 Å². The molecule has 0 unspecified atom stereocenters. The molecule has 0 radical (unpaired) electrons. The van der Waals surface area contributed by atoms with Gasteiger partial charge in [0, 0.05) is 6.04 Å². The Labute approximate surface area is 146 Å². The third-order valence-electron chi connectivity index (χ3n) is 4.12. The van der Waals surface area contributed by atoms with Gasteiger partial charge in [-0.05, 0) is 49.9 Å². The fourth-order valence-electron chi connectivity index (χ4n) is 2.66. The summed E-state index contributed by atoms with van der Waals surface area (Å²) in [5, 5.41) is 8.98. The number of rotatable bonds is 7. The molecule has 2 rings (SSSR count). The fraction of sp³-hybridized carbons (Fsp3) is 0.500. The summed E-state index contributed by atoms with van der Waals surface area (Å²) in [7, 11) is -2.45. The number of hydrogen-bond acceptors (Lipinski definition) is 6.